The van der Waals surface area contributed by atoms with Gasteiger partial charge in [0.1, 0.15) is 5.75 Å². The molecular weight excluding hydrogens is 415 g/mol. The lowest BCUT2D eigenvalue weighted by atomic mass is 10.2. The van der Waals surface area contributed by atoms with E-state index in [9.17, 15) is 0 Å². The lowest BCUT2D eigenvalue weighted by molar-refractivity contribution is 0.297. The van der Waals surface area contributed by atoms with Gasteiger partial charge < -0.3 is 20.3 Å². The third-order valence-corrected chi connectivity index (χ3v) is 3.93. The van der Waals surface area contributed by atoms with E-state index in [4.69, 9.17) is 4.74 Å². The summed E-state index contributed by atoms with van der Waals surface area (Å²) in [7, 11) is 3.48. The average Bonchev–Trinajstić information content (AvgIpc) is 2.61. The summed E-state index contributed by atoms with van der Waals surface area (Å²) >= 11 is 0. The van der Waals surface area contributed by atoms with Crippen molar-refractivity contribution >= 4 is 29.9 Å². The number of rotatable bonds is 10. The van der Waals surface area contributed by atoms with Crippen LogP contribution in [0.5, 0.6) is 5.75 Å². The number of ether oxygens (including phenoxy) is 1. The fourth-order valence-corrected chi connectivity index (χ4v) is 2.36. The Morgan fingerprint density at radius 3 is 2.29 bits per heavy atom. The van der Waals surface area contributed by atoms with Crippen molar-refractivity contribution in [2.24, 2.45) is 4.99 Å². The molecule has 138 valence electrons. The van der Waals surface area contributed by atoms with E-state index in [2.05, 4.69) is 46.5 Å². The number of guanidine groups is 1. The SMILES string of the molecule is CCN(CC)CCCCNC(=NC)NCc1ccc(OC)cc1.I. The summed E-state index contributed by atoms with van der Waals surface area (Å²) in [4.78, 5) is 6.72. The van der Waals surface area contributed by atoms with E-state index in [-0.39, 0.29) is 24.0 Å². The summed E-state index contributed by atoms with van der Waals surface area (Å²) in [6.45, 7) is 9.57. The van der Waals surface area contributed by atoms with Crippen LogP contribution in [0.25, 0.3) is 0 Å². The molecule has 0 unspecified atom stereocenters. The largest absolute Gasteiger partial charge is 0.497 e. The third kappa shape index (κ3) is 9.32. The molecule has 0 aliphatic heterocycles. The molecule has 0 saturated heterocycles. The highest BCUT2D eigenvalue weighted by Gasteiger charge is 2.00. The highest BCUT2D eigenvalue weighted by Crippen LogP contribution is 2.10. The van der Waals surface area contributed by atoms with Crippen LogP contribution in [-0.2, 0) is 6.54 Å². The van der Waals surface area contributed by atoms with Gasteiger partial charge in [-0.2, -0.15) is 0 Å². The fourth-order valence-electron chi connectivity index (χ4n) is 2.36. The maximum absolute atomic E-state index is 5.17. The van der Waals surface area contributed by atoms with Gasteiger partial charge in [-0.1, -0.05) is 26.0 Å². The molecule has 1 aromatic rings. The molecule has 24 heavy (non-hydrogen) atoms. The van der Waals surface area contributed by atoms with E-state index in [1.165, 1.54) is 18.5 Å². The predicted octanol–water partition coefficient (Wildman–Crippen LogP) is 3.10. The lowest BCUT2D eigenvalue weighted by Gasteiger charge is -2.18. The number of aliphatic imine (C=N–C) groups is 1. The molecular formula is C18H33IN4O. The fraction of sp³-hybridized carbons (Fsp3) is 0.611. The first-order valence-corrected chi connectivity index (χ1v) is 8.53. The van der Waals surface area contributed by atoms with Crippen molar-refractivity contribution in [3.05, 3.63) is 29.8 Å². The Morgan fingerprint density at radius 2 is 1.75 bits per heavy atom. The van der Waals surface area contributed by atoms with Crippen LogP contribution in [0.4, 0.5) is 0 Å². The minimum atomic E-state index is 0. The van der Waals surface area contributed by atoms with Crippen LogP contribution in [0.3, 0.4) is 0 Å². The molecule has 0 aliphatic carbocycles. The Labute approximate surface area is 164 Å². The molecule has 0 saturated carbocycles. The minimum absolute atomic E-state index is 0. The summed E-state index contributed by atoms with van der Waals surface area (Å²) < 4.78 is 5.17. The molecule has 0 atom stereocenters. The van der Waals surface area contributed by atoms with Crippen LogP contribution in [0.1, 0.15) is 32.3 Å². The molecule has 0 aliphatic rings. The van der Waals surface area contributed by atoms with Crippen LogP contribution in [0.15, 0.2) is 29.3 Å². The average molecular weight is 448 g/mol. The van der Waals surface area contributed by atoms with Gasteiger partial charge in [-0.25, -0.2) is 0 Å². The second-order valence-corrected chi connectivity index (χ2v) is 5.43. The Morgan fingerprint density at radius 1 is 1.08 bits per heavy atom. The first-order valence-electron chi connectivity index (χ1n) is 8.53. The maximum Gasteiger partial charge on any atom is 0.191 e. The molecule has 0 heterocycles. The number of halogens is 1. The molecule has 0 aromatic heterocycles. The summed E-state index contributed by atoms with van der Waals surface area (Å²) in [6, 6.07) is 8.06. The standard InChI is InChI=1S/C18H32N4O.HI/c1-5-22(6-2)14-8-7-13-20-18(19-3)21-15-16-9-11-17(23-4)12-10-16;/h9-12H,5-8,13-15H2,1-4H3,(H2,19,20,21);1H. The Balaban J connectivity index is 0.00000529. The van der Waals surface area contributed by atoms with Crippen molar-refractivity contribution in [3.8, 4) is 5.75 Å². The number of nitrogens with zero attached hydrogens (tertiary/aromatic N) is 2. The van der Waals surface area contributed by atoms with E-state index in [1.807, 2.05) is 12.1 Å². The zero-order valence-corrected chi connectivity index (χ0v) is 17.8. The second kappa shape index (κ2) is 14.3. The number of hydrogen-bond acceptors (Lipinski definition) is 3. The molecule has 0 bridgehead atoms. The second-order valence-electron chi connectivity index (χ2n) is 5.43. The third-order valence-electron chi connectivity index (χ3n) is 3.93. The van der Waals surface area contributed by atoms with Crippen molar-refractivity contribution in [2.45, 2.75) is 33.2 Å². The van der Waals surface area contributed by atoms with Crippen molar-refractivity contribution in [3.63, 3.8) is 0 Å². The Hall–Kier alpha value is -1.02. The smallest absolute Gasteiger partial charge is 0.191 e. The quantitative estimate of drug-likeness (QED) is 0.250. The van der Waals surface area contributed by atoms with Crippen LogP contribution in [0, 0.1) is 0 Å². The van der Waals surface area contributed by atoms with Gasteiger partial charge in [0, 0.05) is 20.1 Å². The van der Waals surface area contributed by atoms with Crippen LogP contribution < -0.4 is 15.4 Å². The normalized spacial score (nSPS) is 11.1. The molecule has 0 amide bonds. The highest BCUT2D eigenvalue weighted by atomic mass is 127. The molecule has 0 fully saturated rings. The molecule has 1 rings (SSSR count). The van der Waals surface area contributed by atoms with Gasteiger partial charge in [0.2, 0.25) is 0 Å². The van der Waals surface area contributed by atoms with Gasteiger partial charge >= 0.3 is 0 Å². The lowest BCUT2D eigenvalue weighted by Crippen LogP contribution is -2.37. The number of hydrogen-bond donors (Lipinski definition) is 2. The van der Waals surface area contributed by atoms with Gasteiger partial charge in [0.25, 0.3) is 0 Å². The zero-order chi connectivity index (χ0) is 16.9. The topological polar surface area (TPSA) is 48.9 Å². The highest BCUT2D eigenvalue weighted by molar-refractivity contribution is 14.0. The summed E-state index contributed by atoms with van der Waals surface area (Å²) in [5.74, 6) is 1.73. The van der Waals surface area contributed by atoms with E-state index in [0.717, 1.165) is 44.3 Å². The van der Waals surface area contributed by atoms with Crippen LogP contribution >= 0.6 is 24.0 Å². The Kier molecular flexibility index (Phi) is 13.7. The number of methoxy groups -OCH3 is 1. The predicted molar refractivity (Wildman–Crippen MR) is 114 cm³/mol. The number of benzene rings is 1. The summed E-state index contributed by atoms with van der Waals surface area (Å²) in [6.07, 6.45) is 2.36. The molecule has 0 spiro atoms. The molecule has 6 heteroatoms. The maximum atomic E-state index is 5.17. The number of unbranched alkanes of at least 4 members (excludes halogenated alkanes) is 1. The van der Waals surface area contributed by atoms with Crippen molar-refractivity contribution in [1.82, 2.24) is 15.5 Å². The van der Waals surface area contributed by atoms with Crippen molar-refractivity contribution in [1.29, 1.82) is 0 Å². The Bertz CT molecular complexity index is 447. The van der Waals surface area contributed by atoms with E-state index >= 15 is 0 Å². The van der Waals surface area contributed by atoms with E-state index in [1.54, 1.807) is 14.2 Å². The van der Waals surface area contributed by atoms with E-state index < -0.39 is 0 Å². The van der Waals surface area contributed by atoms with Crippen LogP contribution in [0.2, 0.25) is 0 Å². The van der Waals surface area contributed by atoms with E-state index in [0.29, 0.717) is 0 Å². The van der Waals surface area contributed by atoms with Gasteiger partial charge in [0.15, 0.2) is 5.96 Å². The monoisotopic (exact) mass is 448 g/mol. The first-order chi connectivity index (χ1) is 11.2. The molecule has 0 radical (unpaired) electrons. The minimum Gasteiger partial charge on any atom is -0.497 e. The summed E-state index contributed by atoms with van der Waals surface area (Å²) in [5.41, 5.74) is 1.20. The number of nitrogens with one attached hydrogen (secondary N) is 2. The van der Waals surface area contributed by atoms with Gasteiger partial charge in [-0.05, 0) is 50.2 Å². The molecule has 5 nitrogen and oxygen atoms in total. The van der Waals surface area contributed by atoms with Crippen molar-refractivity contribution < 1.29 is 4.74 Å². The van der Waals surface area contributed by atoms with Gasteiger partial charge in [-0.15, -0.1) is 24.0 Å². The van der Waals surface area contributed by atoms with Crippen molar-refractivity contribution in [2.75, 3.05) is 40.3 Å². The molecule has 1 aromatic carbocycles. The zero-order valence-electron chi connectivity index (χ0n) is 15.5. The first kappa shape index (κ1) is 23.0. The van der Waals surface area contributed by atoms with Crippen LogP contribution in [-0.4, -0.2) is 51.2 Å². The van der Waals surface area contributed by atoms with Gasteiger partial charge in [0.05, 0.1) is 7.11 Å². The summed E-state index contributed by atoms with van der Waals surface area (Å²) in [5, 5.41) is 6.70. The molecule has 2 N–H and O–H groups in total. The van der Waals surface area contributed by atoms with Gasteiger partial charge in [-0.3, -0.25) is 4.99 Å².